The van der Waals surface area contributed by atoms with Gasteiger partial charge in [-0.05, 0) is 64.6 Å². The lowest BCUT2D eigenvalue weighted by atomic mass is 9.97. The van der Waals surface area contributed by atoms with Crippen LogP contribution >= 0.6 is 24.0 Å². The highest BCUT2D eigenvalue weighted by Gasteiger charge is 2.18. The summed E-state index contributed by atoms with van der Waals surface area (Å²) in [7, 11) is 0. The maximum absolute atomic E-state index is 5.60. The molecule has 150 valence electrons. The first-order valence-electron chi connectivity index (χ1n) is 10.1. The normalized spacial score (nSPS) is 16.5. The predicted molar refractivity (Wildman–Crippen MR) is 119 cm³/mol. The molecule has 0 aromatic carbocycles. The van der Waals surface area contributed by atoms with Crippen molar-refractivity contribution in [2.75, 3.05) is 52.5 Å². The van der Waals surface area contributed by atoms with E-state index in [2.05, 4.69) is 36.3 Å². The number of hydrogen-bond acceptors (Lipinski definition) is 3. The third-order valence-corrected chi connectivity index (χ3v) is 4.50. The van der Waals surface area contributed by atoms with Crippen molar-refractivity contribution >= 4 is 29.9 Å². The Morgan fingerprint density at radius 3 is 2.40 bits per heavy atom. The van der Waals surface area contributed by atoms with Crippen LogP contribution in [0, 0.1) is 5.92 Å². The zero-order valence-electron chi connectivity index (χ0n) is 16.7. The maximum Gasteiger partial charge on any atom is 0.191 e. The van der Waals surface area contributed by atoms with Gasteiger partial charge in [0.25, 0.3) is 0 Å². The molecule has 1 aliphatic heterocycles. The summed E-state index contributed by atoms with van der Waals surface area (Å²) >= 11 is 0. The van der Waals surface area contributed by atoms with E-state index < -0.39 is 0 Å². The summed E-state index contributed by atoms with van der Waals surface area (Å²) in [5.74, 6) is 1.70. The maximum atomic E-state index is 5.60. The summed E-state index contributed by atoms with van der Waals surface area (Å²) in [5, 5.41) is 6.78. The summed E-state index contributed by atoms with van der Waals surface area (Å²) < 4.78 is 5.60. The first-order chi connectivity index (χ1) is 11.8. The minimum absolute atomic E-state index is 0. The Labute approximate surface area is 172 Å². The fraction of sp³-hybridized carbons (Fsp3) is 0.947. The van der Waals surface area contributed by atoms with Gasteiger partial charge in [0.1, 0.15) is 0 Å². The van der Waals surface area contributed by atoms with Gasteiger partial charge in [-0.2, -0.15) is 0 Å². The number of likely N-dealkylation sites (tertiary alicyclic amines) is 1. The van der Waals surface area contributed by atoms with Crippen LogP contribution < -0.4 is 10.6 Å². The molecule has 0 spiro atoms. The minimum Gasteiger partial charge on any atom is -0.381 e. The number of aliphatic imine (C=N–C) groups is 1. The third kappa shape index (κ3) is 12.8. The van der Waals surface area contributed by atoms with Crippen LogP contribution in [0.15, 0.2) is 4.99 Å². The summed E-state index contributed by atoms with van der Waals surface area (Å²) in [6.07, 6.45) is 7.23. The van der Waals surface area contributed by atoms with Crippen LogP contribution in [0.25, 0.3) is 0 Å². The zero-order valence-corrected chi connectivity index (χ0v) is 19.0. The highest BCUT2D eigenvalue weighted by atomic mass is 127. The van der Waals surface area contributed by atoms with Gasteiger partial charge in [0.05, 0.1) is 0 Å². The summed E-state index contributed by atoms with van der Waals surface area (Å²) in [4.78, 5) is 7.38. The van der Waals surface area contributed by atoms with Crippen LogP contribution in [-0.4, -0.2) is 63.3 Å². The number of halogens is 1. The lowest BCUT2D eigenvalue weighted by molar-refractivity contribution is 0.129. The number of hydrogen-bond donors (Lipinski definition) is 2. The number of ether oxygens (including phenoxy) is 1. The van der Waals surface area contributed by atoms with Crippen molar-refractivity contribution in [3.05, 3.63) is 0 Å². The van der Waals surface area contributed by atoms with Crippen molar-refractivity contribution in [2.24, 2.45) is 10.9 Å². The Hall–Kier alpha value is -0.0800. The highest BCUT2D eigenvalue weighted by molar-refractivity contribution is 14.0. The van der Waals surface area contributed by atoms with E-state index in [0.717, 1.165) is 57.6 Å². The van der Waals surface area contributed by atoms with E-state index >= 15 is 0 Å². The second kappa shape index (κ2) is 17.3. The molecule has 0 aliphatic carbocycles. The van der Waals surface area contributed by atoms with E-state index in [1.165, 1.54) is 45.3 Å². The van der Waals surface area contributed by atoms with E-state index in [9.17, 15) is 0 Å². The molecule has 0 saturated carbocycles. The second-order valence-corrected chi connectivity index (χ2v) is 6.75. The van der Waals surface area contributed by atoms with E-state index in [-0.39, 0.29) is 24.0 Å². The number of guanidine groups is 1. The first kappa shape index (κ1) is 24.9. The van der Waals surface area contributed by atoms with Gasteiger partial charge in [-0.3, -0.25) is 4.99 Å². The number of piperidine rings is 1. The molecule has 2 N–H and O–H groups in total. The number of unbranched alkanes of at least 4 members (excludes halogenated alkanes) is 1. The lowest BCUT2D eigenvalue weighted by Crippen LogP contribution is -2.39. The molecule has 0 aromatic rings. The van der Waals surface area contributed by atoms with Gasteiger partial charge in [0.15, 0.2) is 5.96 Å². The molecule has 0 radical (unpaired) electrons. The van der Waals surface area contributed by atoms with Crippen molar-refractivity contribution in [2.45, 2.75) is 59.3 Å². The van der Waals surface area contributed by atoms with Crippen LogP contribution in [0.5, 0.6) is 0 Å². The van der Waals surface area contributed by atoms with Crippen LogP contribution in [0.3, 0.4) is 0 Å². The summed E-state index contributed by atoms with van der Waals surface area (Å²) in [6.45, 7) is 14.8. The van der Waals surface area contributed by atoms with Crippen molar-refractivity contribution in [1.29, 1.82) is 0 Å². The molecule has 6 heteroatoms. The molecule has 0 aromatic heterocycles. The number of nitrogens with one attached hydrogen (secondary N) is 2. The summed E-state index contributed by atoms with van der Waals surface area (Å²) in [5.41, 5.74) is 0. The SMILES string of the molecule is CCCCOCCCNC(=NCC1CCN(CCC)CC1)NCC.I. The standard InChI is InChI=1S/C19H40N4O.HI/c1-4-7-15-24-16-8-11-21-19(20-6-3)22-17-18-9-13-23(12-5-2)14-10-18;/h18H,4-17H2,1-3H3,(H2,20,21,22);1H. The molecule has 0 amide bonds. The molecule has 1 saturated heterocycles. The Morgan fingerprint density at radius 2 is 1.76 bits per heavy atom. The molecule has 1 rings (SSSR count). The van der Waals surface area contributed by atoms with E-state index in [1.54, 1.807) is 0 Å². The van der Waals surface area contributed by atoms with Crippen molar-refractivity contribution in [1.82, 2.24) is 15.5 Å². The number of rotatable bonds is 12. The average molecular weight is 468 g/mol. The van der Waals surface area contributed by atoms with E-state index in [1.807, 2.05) is 0 Å². The van der Waals surface area contributed by atoms with Crippen LogP contribution in [0.4, 0.5) is 0 Å². The fourth-order valence-corrected chi connectivity index (χ4v) is 3.00. The van der Waals surface area contributed by atoms with Crippen LogP contribution in [-0.2, 0) is 4.74 Å². The van der Waals surface area contributed by atoms with Gasteiger partial charge in [-0.1, -0.05) is 20.3 Å². The minimum atomic E-state index is 0. The van der Waals surface area contributed by atoms with Crippen molar-refractivity contribution < 1.29 is 4.74 Å². The van der Waals surface area contributed by atoms with Crippen molar-refractivity contribution in [3.8, 4) is 0 Å². The van der Waals surface area contributed by atoms with E-state index in [0.29, 0.717) is 0 Å². The number of nitrogens with zero attached hydrogens (tertiary/aromatic N) is 2. The molecular formula is C19H41IN4O. The molecule has 1 fully saturated rings. The topological polar surface area (TPSA) is 48.9 Å². The predicted octanol–water partition coefficient (Wildman–Crippen LogP) is 3.49. The summed E-state index contributed by atoms with van der Waals surface area (Å²) in [6, 6.07) is 0. The van der Waals surface area contributed by atoms with Crippen LogP contribution in [0.1, 0.15) is 59.3 Å². The van der Waals surface area contributed by atoms with Gasteiger partial charge in [-0.25, -0.2) is 0 Å². The van der Waals surface area contributed by atoms with Gasteiger partial charge in [-0.15, -0.1) is 24.0 Å². The van der Waals surface area contributed by atoms with Crippen molar-refractivity contribution in [3.63, 3.8) is 0 Å². The highest BCUT2D eigenvalue weighted by Crippen LogP contribution is 2.17. The van der Waals surface area contributed by atoms with Gasteiger partial charge in [0, 0.05) is 32.8 Å². The smallest absolute Gasteiger partial charge is 0.191 e. The quantitative estimate of drug-likeness (QED) is 0.199. The molecule has 1 aliphatic rings. The molecule has 0 unspecified atom stereocenters. The molecule has 25 heavy (non-hydrogen) atoms. The molecule has 0 bridgehead atoms. The fourth-order valence-electron chi connectivity index (χ4n) is 3.00. The Morgan fingerprint density at radius 1 is 1.04 bits per heavy atom. The monoisotopic (exact) mass is 468 g/mol. The Bertz CT molecular complexity index is 321. The Balaban J connectivity index is 0.00000576. The largest absolute Gasteiger partial charge is 0.381 e. The lowest BCUT2D eigenvalue weighted by Gasteiger charge is -2.31. The third-order valence-electron chi connectivity index (χ3n) is 4.50. The zero-order chi connectivity index (χ0) is 17.5. The molecule has 1 heterocycles. The van der Waals surface area contributed by atoms with Gasteiger partial charge < -0.3 is 20.3 Å². The van der Waals surface area contributed by atoms with Crippen LogP contribution in [0.2, 0.25) is 0 Å². The molecular weight excluding hydrogens is 427 g/mol. The Kier molecular flexibility index (Phi) is 17.3. The first-order valence-corrected chi connectivity index (χ1v) is 10.1. The molecule has 0 atom stereocenters. The average Bonchev–Trinajstić information content (AvgIpc) is 2.60. The van der Waals surface area contributed by atoms with E-state index in [4.69, 9.17) is 9.73 Å². The molecule has 5 nitrogen and oxygen atoms in total. The second-order valence-electron chi connectivity index (χ2n) is 6.75. The van der Waals surface area contributed by atoms with Gasteiger partial charge in [0.2, 0.25) is 0 Å². The van der Waals surface area contributed by atoms with Gasteiger partial charge >= 0.3 is 0 Å².